The van der Waals surface area contributed by atoms with Gasteiger partial charge >= 0.3 is 0 Å². The molecule has 1 aromatic heterocycles. The SMILES string of the molecule is Cc1sc(CNCC(C)C(C)C)cc1Br. The third-order valence-corrected chi connectivity index (χ3v) is 4.95. The van der Waals surface area contributed by atoms with E-state index in [1.807, 2.05) is 11.3 Å². The summed E-state index contributed by atoms with van der Waals surface area (Å²) in [4.78, 5) is 2.78. The van der Waals surface area contributed by atoms with Crippen LogP contribution < -0.4 is 5.32 Å². The highest BCUT2D eigenvalue weighted by molar-refractivity contribution is 9.10. The molecule has 0 saturated heterocycles. The van der Waals surface area contributed by atoms with E-state index in [1.54, 1.807) is 0 Å². The fourth-order valence-electron chi connectivity index (χ4n) is 1.26. The fraction of sp³-hybridized carbons (Fsp3) is 0.667. The molecule has 0 aliphatic carbocycles. The van der Waals surface area contributed by atoms with Crippen molar-refractivity contribution in [1.29, 1.82) is 0 Å². The summed E-state index contributed by atoms with van der Waals surface area (Å²) in [5.74, 6) is 1.50. The van der Waals surface area contributed by atoms with Gasteiger partial charge in [0.2, 0.25) is 0 Å². The van der Waals surface area contributed by atoms with Crippen molar-refractivity contribution in [3.63, 3.8) is 0 Å². The van der Waals surface area contributed by atoms with Crippen LogP contribution in [0.5, 0.6) is 0 Å². The van der Waals surface area contributed by atoms with E-state index in [0.717, 1.165) is 24.9 Å². The molecule has 0 radical (unpaired) electrons. The van der Waals surface area contributed by atoms with Gasteiger partial charge in [0.15, 0.2) is 0 Å². The minimum atomic E-state index is 0.745. The van der Waals surface area contributed by atoms with E-state index in [-0.39, 0.29) is 0 Å². The van der Waals surface area contributed by atoms with Crippen molar-refractivity contribution in [2.45, 2.75) is 34.2 Å². The zero-order valence-corrected chi connectivity index (χ0v) is 12.3. The standard InChI is InChI=1S/C12H20BrNS/c1-8(2)9(3)6-14-7-11-5-12(13)10(4)15-11/h5,8-9,14H,6-7H2,1-4H3. The normalized spacial score (nSPS) is 13.5. The molecule has 15 heavy (non-hydrogen) atoms. The molecule has 0 aliphatic heterocycles. The van der Waals surface area contributed by atoms with E-state index in [4.69, 9.17) is 0 Å². The molecule has 0 bridgehead atoms. The first kappa shape index (κ1) is 13.2. The monoisotopic (exact) mass is 289 g/mol. The van der Waals surface area contributed by atoms with Gasteiger partial charge in [-0.15, -0.1) is 11.3 Å². The Balaban J connectivity index is 2.32. The predicted octanol–water partition coefficient (Wildman–Crippen LogP) is 4.20. The Morgan fingerprint density at radius 2 is 2.07 bits per heavy atom. The van der Waals surface area contributed by atoms with E-state index in [0.29, 0.717) is 0 Å². The van der Waals surface area contributed by atoms with Crippen molar-refractivity contribution in [3.05, 3.63) is 20.3 Å². The first-order valence-electron chi connectivity index (χ1n) is 5.46. The highest BCUT2D eigenvalue weighted by atomic mass is 79.9. The van der Waals surface area contributed by atoms with Gasteiger partial charge in [-0.2, -0.15) is 0 Å². The number of rotatable bonds is 5. The van der Waals surface area contributed by atoms with Crippen LogP contribution in [-0.4, -0.2) is 6.54 Å². The van der Waals surface area contributed by atoms with Crippen molar-refractivity contribution in [1.82, 2.24) is 5.32 Å². The quantitative estimate of drug-likeness (QED) is 0.857. The predicted molar refractivity (Wildman–Crippen MR) is 72.5 cm³/mol. The number of aryl methyl sites for hydroxylation is 1. The van der Waals surface area contributed by atoms with Crippen LogP contribution >= 0.6 is 27.3 Å². The van der Waals surface area contributed by atoms with Gasteiger partial charge in [0.25, 0.3) is 0 Å². The van der Waals surface area contributed by atoms with Gasteiger partial charge in [0, 0.05) is 20.8 Å². The Morgan fingerprint density at radius 3 is 2.53 bits per heavy atom. The van der Waals surface area contributed by atoms with Gasteiger partial charge in [-0.25, -0.2) is 0 Å². The molecule has 0 fully saturated rings. The van der Waals surface area contributed by atoms with Gasteiger partial charge < -0.3 is 5.32 Å². The number of thiophene rings is 1. The van der Waals surface area contributed by atoms with Gasteiger partial charge in [-0.1, -0.05) is 20.8 Å². The second-order valence-corrected chi connectivity index (χ2v) is 6.66. The molecule has 0 amide bonds. The van der Waals surface area contributed by atoms with Crippen LogP contribution in [-0.2, 0) is 6.54 Å². The average Bonchev–Trinajstić information content (AvgIpc) is 2.46. The van der Waals surface area contributed by atoms with Crippen molar-refractivity contribution >= 4 is 27.3 Å². The molecule has 1 unspecified atom stereocenters. The molecular weight excluding hydrogens is 270 g/mol. The summed E-state index contributed by atoms with van der Waals surface area (Å²) < 4.78 is 1.24. The molecule has 3 heteroatoms. The van der Waals surface area contributed by atoms with E-state index < -0.39 is 0 Å². The van der Waals surface area contributed by atoms with Gasteiger partial charge in [-0.3, -0.25) is 0 Å². The van der Waals surface area contributed by atoms with E-state index in [1.165, 1.54) is 14.2 Å². The second kappa shape index (κ2) is 6.02. The van der Waals surface area contributed by atoms with Crippen LogP contribution in [0, 0.1) is 18.8 Å². The lowest BCUT2D eigenvalue weighted by atomic mass is 9.98. The lowest BCUT2D eigenvalue weighted by Crippen LogP contribution is -2.23. The Hall–Kier alpha value is 0.140. The third kappa shape index (κ3) is 4.25. The fourth-order valence-corrected chi connectivity index (χ4v) is 2.84. The van der Waals surface area contributed by atoms with Crippen LogP contribution in [0.4, 0.5) is 0 Å². The molecule has 1 nitrogen and oxygen atoms in total. The summed E-state index contributed by atoms with van der Waals surface area (Å²) in [6, 6.07) is 2.22. The largest absolute Gasteiger partial charge is 0.312 e. The van der Waals surface area contributed by atoms with Crippen molar-refractivity contribution in [2.24, 2.45) is 11.8 Å². The molecular formula is C12H20BrNS. The summed E-state index contributed by atoms with van der Waals surface area (Å²) in [7, 11) is 0. The average molecular weight is 290 g/mol. The van der Waals surface area contributed by atoms with Gasteiger partial charge in [0.1, 0.15) is 0 Å². The van der Waals surface area contributed by atoms with Crippen LogP contribution in [0.2, 0.25) is 0 Å². The van der Waals surface area contributed by atoms with Crippen LogP contribution in [0.25, 0.3) is 0 Å². The Labute approximate surface area is 105 Å². The number of hydrogen-bond acceptors (Lipinski definition) is 2. The Kier molecular flexibility index (Phi) is 5.30. The maximum absolute atomic E-state index is 3.54. The molecule has 0 saturated carbocycles. The summed E-state index contributed by atoms with van der Waals surface area (Å²) in [5, 5.41) is 3.51. The second-order valence-electron chi connectivity index (χ2n) is 4.47. The smallest absolute Gasteiger partial charge is 0.0314 e. The Bertz CT molecular complexity index is 287. The lowest BCUT2D eigenvalue weighted by Gasteiger charge is -2.15. The molecule has 1 rings (SSSR count). The first-order valence-corrected chi connectivity index (χ1v) is 7.07. The molecule has 1 atom stereocenters. The molecule has 1 aromatic rings. The van der Waals surface area contributed by atoms with Gasteiger partial charge in [0.05, 0.1) is 0 Å². The molecule has 0 spiro atoms. The third-order valence-electron chi connectivity index (χ3n) is 2.81. The maximum atomic E-state index is 3.54. The van der Waals surface area contributed by atoms with E-state index in [9.17, 15) is 0 Å². The molecule has 0 aromatic carbocycles. The van der Waals surface area contributed by atoms with E-state index >= 15 is 0 Å². The zero-order valence-electron chi connectivity index (χ0n) is 9.93. The molecule has 1 N–H and O–H groups in total. The number of hydrogen-bond donors (Lipinski definition) is 1. The topological polar surface area (TPSA) is 12.0 Å². The van der Waals surface area contributed by atoms with Crippen molar-refractivity contribution in [3.8, 4) is 0 Å². The minimum absolute atomic E-state index is 0.745. The molecule has 1 heterocycles. The van der Waals surface area contributed by atoms with Crippen LogP contribution in [0.3, 0.4) is 0 Å². The highest BCUT2D eigenvalue weighted by Gasteiger charge is 2.07. The van der Waals surface area contributed by atoms with Gasteiger partial charge in [-0.05, 0) is 47.3 Å². The maximum Gasteiger partial charge on any atom is 0.0314 e. The summed E-state index contributed by atoms with van der Waals surface area (Å²) in [5.41, 5.74) is 0. The van der Waals surface area contributed by atoms with Crippen molar-refractivity contribution < 1.29 is 0 Å². The minimum Gasteiger partial charge on any atom is -0.312 e. The van der Waals surface area contributed by atoms with Crippen molar-refractivity contribution in [2.75, 3.05) is 6.54 Å². The zero-order chi connectivity index (χ0) is 11.4. The summed E-state index contributed by atoms with van der Waals surface area (Å²) in [6.07, 6.45) is 0. The van der Waals surface area contributed by atoms with E-state index in [2.05, 4.69) is 55.0 Å². The number of halogens is 1. The molecule has 0 aliphatic rings. The highest BCUT2D eigenvalue weighted by Crippen LogP contribution is 2.26. The first-order chi connectivity index (χ1) is 7.00. The lowest BCUT2D eigenvalue weighted by molar-refractivity contribution is 0.393. The summed E-state index contributed by atoms with van der Waals surface area (Å²) >= 11 is 5.41. The molecule has 86 valence electrons. The summed E-state index contributed by atoms with van der Waals surface area (Å²) in [6.45, 7) is 11.1. The Morgan fingerprint density at radius 1 is 1.40 bits per heavy atom. The van der Waals surface area contributed by atoms with Crippen LogP contribution in [0.1, 0.15) is 30.5 Å². The van der Waals surface area contributed by atoms with Crippen LogP contribution in [0.15, 0.2) is 10.5 Å². The number of nitrogens with one attached hydrogen (secondary N) is 1.